The van der Waals surface area contributed by atoms with Crippen LogP contribution in [0.25, 0.3) is 10.9 Å². The van der Waals surface area contributed by atoms with E-state index in [4.69, 9.17) is 14.9 Å². The Morgan fingerprint density at radius 1 is 1.05 bits per heavy atom. The maximum Gasteiger partial charge on any atom is 0.490 e. The number of halogens is 3. The number of nitrogens with zero attached hydrogens (tertiary/aromatic N) is 2. The van der Waals surface area contributed by atoms with Gasteiger partial charge in [0.25, 0.3) is 0 Å². The van der Waals surface area contributed by atoms with Crippen LogP contribution in [0, 0.1) is 11.8 Å². The van der Waals surface area contributed by atoms with Crippen LogP contribution in [0.4, 0.5) is 24.9 Å². The molecule has 1 aliphatic carbocycles. The second-order valence-corrected chi connectivity index (χ2v) is 12.5. The van der Waals surface area contributed by atoms with Crippen LogP contribution in [0.2, 0.25) is 0 Å². The highest BCUT2D eigenvalue weighted by Gasteiger charge is 2.38. The molecular weight excluding hydrogens is 555 g/mol. The zero-order chi connectivity index (χ0) is 28.6. The first-order valence-corrected chi connectivity index (χ1v) is 14.8. The topological polar surface area (TPSA) is 133 Å². The van der Waals surface area contributed by atoms with Crippen molar-refractivity contribution in [2.24, 2.45) is 11.8 Å². The van der Waals surface area contributed by atoms with Crippen LogP contribution in [-0.2, 0) is 14.8 Å². The minimum atomic E-state index is -5.08. The van der Waals surface area contributed by atoms with Crippen molar-refractivity contribution in [3.63, 3.8) is 0 Å². The maximum absolute atomic E-state index is 12.3. The Morgan fingerprint density at radius 3 is 2.23 bits per heavy atom. The third-order valence-corrected chi connectivity index (χ3v) is 8.93. The van der Waals surface area contributed by atoms with E-state index < -0.39 is 22.2 Å². The average Bonchev–Trinajstić information content (AvgIpc) is 3.43. The Morgan fingerprint density at radius 2 is 1.67 bits per heavy atom. The van der Waals surface area contributed by atoms with E-state index in [1.165, 1.54) is 11.3 Å². The zero-order valence-electron chi connectivity index (χ0n) is 21.5. The number of aliphatic carboxylic acids is 1. The molecule has 0 saturated heterocycles. The predicted octanol–water partition coefficient (Wildman–Crippen LogP) is 5.34. The second kappa shape index (κ2) is 13.4. The number of sulfonamides is 1. The fourth-order valence-corrected chi connectivity index (χ4v) is 6.28. The van der Waals surface area contributed by atoms with Gasteiger partial charge in [-0.05, 0) is 74.9 Å². The van der Waals surface area contributed by atoms with E-state index >= 15 is 0 Å². The van der Waals surface area contributed by atoms with Crippen molar-refractivity contribution in [1.29, 1.82) is 0 Å². The van der Waals surface area contributed by atoms with Crippen molar-refractivity contribution < 1.29 is 31.5 Å². The van der Waals surface area contributed by atoms with Crippen LogP contribution in [0.3, 0.4) is 0 Å². The standard InChI is InChI=1S/C23H31N5O2S2.C2HF3O2/c1-16(2)26-22-19-6-3-4-7-20(19)27-23(28-22)24-14-17-9-11-18(12-10-17)15-25-32(29,30)21-8-5-13-31-21;3-2(4,5)1(6)7/h3-8,13,16-18,25H,9-12,14-15H2,1-2H3,(H2,24,26,27,28);(H,6,7). The molecule has 0 amide bonds. The lowest BCUT2D eigenvalue weighted by Gasteiger charge is -2.28. The number of alkyl halides is 3. The van der Waals surface area contributed by atoms with E-state index in [1.807, 2.05) is 24.3 Å². The molecular formula is C25H32F3N5O4S2. The normalized spacial score (nSPS) is 17.9. The monoisotopic (exact) mass is 587 g/mol. The lowest BCUT2D eigenvalue weighted by Crippen LogP contribution is -2.32. The third-order valence-electron chi connectivity index (χ3n) is 6.11. The molecule has 4 rings (SSSR count). The smallest absolute Gasteiger partial charge is 0.475 e. The lowest BCUT2D eigenvalue weighted by molar-refractivity contribution is -0.192. The Balaban J connectivity index is 0.000000532. The van der Waals surface area contributed by atoms with Gasteiger partial charge >= 0.3 is 12.1 Å². The van der Waals surface area contributed by atoms with E-state index in [1.54, 1.807) is 17.5 Å². The number of hydrogen-bond donors (Lipinski definition) is 4. The van der Waals surface area contributed by atoms with Gasteiger partial charge in [0.15, 0.2) is 0 Å². The summed E-state index contributed by atoms with van der Waals surface area (Å²) < 4.78 is 59.5. The quantitative estimate of drug-likeness (QED) is 0.264. The van der Waals surface area contributed by atoms with Crippen molar-refractivity contribution in [3.05, 3.63) is 41.8 Å². The number of aromatic nitrogens is 2. The van der Waals surface area contributed by atoms with E-state index in [2.05, 4.69) is 34.2 Å². The highest BCUT2D eigenvalue weighted by Crippen LogP contribution is 2.29. The number of para-hydroxylation sites is 1. The molecule has 1 aromatic carbocycles. The first-order valence-electron chi connectivity index (χ1n) is 12.5. The molecule has 1 fully saturated rings. The molecule has 9 nitrogen and oxygen atoms in total. The SMILES string of the molecule is CC(C)Nc1nc(NCC2CCC(CNS(=O)(=O)c3cccs3)CC2)nc2ccccc12.O=C(O)C(F)(F)F. The highest BCUT2D eigenvalue weighted by molar-refractivity contribution is 7.91. The number of rotatable bonds is 9. The van der Waals surface area contributed by atoms with E-state index in [9.17, 15) is 21.6 Å². The Kier molecular flexibility index (Phi) is 10.5. The molecule has 2 heterocycles. The van der Waals surface area contributed by atoms with Gasteiger partial charge < -0.3 is 15.7 Å². The zero-order valence-corrected chi connectivity index (χ0v) is 23.2. The summed E-state index contributed by atoms with van der Waals surface area (Å²) >= 11 is 1.25. The summed E-state index contributed by atoms with van der Waals surface area (Å²) in [6.45, 7) is 5.54. The van der Waals surface area contributed by atoms with Gasteiger partial charge in [-0.15, -0.1) is 11.3 Å². The van der Waals surface area contributed by atoms with Crippen molar-refractivity contribution in [2.75, 3.05) is 23.7 Å². The van der Waals surface area contributed by atoms with Crippen molar-refractivity contribution in [1.82, 2.24) is 14.7 Å². The number of carboxylic acid groups (broad SMARTS) is 1. The van der Waals surface area contributed by atoms with Crippen LogP contribution < -0.4 is 15.4 Å². The molecule has 0 unspecified atom stereocenters. The number of thiophene rings is 1. The van der Waals surface area contributed by atoms with Crippen LogP contribution in [-0.4, -0.2) is 54.8 Å². The van der Waals surface area contributed by atoms with Crippen molar-refractivity contribution in [2.45, 2.75) is 56.0 Å². The van der Waals surface area contributed by atoms with Gasteiger partial charge in [-0.2, -0.15) is 18.2 Å². The minimum absolute atomic E-state index is 0.286. The summed E-state index contributed by atoms with van der Waals surface area (Å²) in [7, 11) is -3.37. The number of anilines is 2. The van der Waals surface area contributed by atoms with E-state index in [-0.39, 0.29) is 6.04 Å². The molecule has 214 valence electrons. The van der Waals surface area contributed by atoms with Gasteiger partial charge in [-0.25, -0.2) is 22.9 Å². The molecule has 0 spiro atoms. The summed E-state index contributed by atoms with van der Waals surface area (Å²) in [5.41, 5.74) is 0.926. The van der Waals surface area contributed by atoms with E-state index in [0.717, 1.165) is 48.9 Å². The number of nitrogens with one attached hydrogen (secondary N) is 3. The highest BCUT2D eigenvalue weighted by atomic mass is 32.2. The molecule has 39 heavy (non-hydrogen) atoms. The molecule has 4 N–H and O–H groups in total. The molecule has 3 aromatic rings. The number of carboxylic acids is 1. The first kappa shape index (κ1) is 30.6. The average molecular weight is 588 g/mol. The molecule has 0 bridgehead atoms. The fraction of sp³-hybridized carbons (Fsp3) is 0.480. The molecule has 2 aromatic heterocycles. The third kappa shape index (κ3) is 9.32. The van der Waals surface area contributed by atoms with Crippen molar-refractivity contribution >= 4 is 50.0 Å². The summed E-state index contributed by atoms with van der Waals surface area (Å²) in [6, 6.07) is 11.7. The summed E-state index contributed by atoms with van der Waals surface area (Å²) in [6.07, 6.45) is -0.887. The lowest BCUT2D eigenvalue weighted by atomic mass is 9.82. The summed E-state index contributed by atoms with van der Waals surface area (Å²) in [4.78, 5) is 18.3. The largest absolute Gasteiger partial charge is 0.490 e. The van der Waals surface area contributed by atoms with Gasteiger partial charge in [0.1, 0.15) is 10.0 Å². The second-order valence-electron chi connectivity index (χ2n) is 9.57. The van der Waals surface area contributed by atoms with Gasteiger partial charge in [-0.3, -0.25) is 0 Å². The van der Waals surface area contributed by atoms with Crippen molar-refractivity contribution in [3.8, 4) is 0 Å². The molecule has 14 heteroatoms. The summed E-state index contributed by atoms with van der Waals surface area (Å²) in [5, 5.41) is 16.8. The maximum atomic E-state index is 12.3. The molecule has 1 aliphatic rings. The predicted molar refractivity (Wildman–Crippen MR) is 145 cm³/mol. The van der Waals surface area contributed by atoms with Gasteiger partial charge in [0.05, 0.1) is 5.52 Å². The number of fused-ring (bicyclic) bond motifs is 1. The van der Waals surface area contributed by atoms with Crippen LogP contribution in [0.1, 0.15) is 39.5 Å². The Hall–Kier alpha value is -2.97. The Labute approximate surface area is 229 Å². The fourth-order valence-electron chi connectivity index (χ4n) is 4.13. The van der Waals surface area contributed by atoms with E-state index in [0.29, 0.717) is 28.5 Å². The van der Waals surface area contributed by atoms with Gasteiger partial charge in [0, 0.05) is 24.5 Å². The minimum Gasteiger partial charge on any atom is -0.475 e. The van der Waals surface area contributed by atoms with Crippen LogP contribution in [0.5, 0.6) is 0 Å². The number of carbonyl (C=O) groups is 1. The summed E-state index contributed by atoms with van der Waals surface area (Å²) in [5.74, 6) is -0.323. The first-order chi connectivity index (χ1) is 18.3. The molecule has 0 radical (unpaired) electrons. The van der Waals surface area contributed by atoms with Gasteiger partial charge in [0.2, 0.25) is 16.0 Å². The Bertz CT molecular complexity index is 1330. The number of hydrogen-bond acceptors (Lipinski definition) is 8. The number of benzene rings is 1. The van der Waals surface area contributed by atoms with Crippen LogP contribution >= 0.6 is 11.3 Å². The molecule has 0 aliphatic heterocycles. The molecule has 1 saturated carbocycles. The van der Waals surface area contributed by atoms with Crippen LogP contribution in [0.15, 0.2) is 46.0 Å². The van der Waals surface area contributed by atoms with Gasteiger partial charge in [-0.1, -0.05) is 18.2 Å². The molecule has 0 atom stereocenters.